The Labute approximate surface area is 435 Å². The molecule has 0 unspecified atom stereocenters. The number of imidazole rings is 1. The summed E-state index contributed by atoms with van der Waals surface area (Å²) in [6, 6.07) is 51.2. The normalized spacial score (nSPS) is 14.1. The third kappa shape index (κ3) is 8.57. The molecule has 0 N–H and O–H groups in total. The van der Waals surface area contributed by atoms with Crippen molar-refractivity contribution < 1.29 is 20.3 Å². The number of hydrogen-bond acceptors (Lipinski definition) is 2. The van der Waals surface area contributed by atoms with E-state index in [1.165, 1.54) is 29.0 Å². The fourth-order valence-corrected chi connectivity index (χ4v) is 9.70. The van der Waals surface area contributed by atoms with Gasteiger partial charge in [0.05, 0.1) is 40.3 Å². The highest BCUT2D eigenvalue weighted by molar-refractivity contribution is 6.09. The summed E-state index contributed by atoms with van der Waals surface area (Å²) in [6.45, 7) is 17.6. The van der Waals surface area contributed by atoms with Crippen molar-refractivity contribution in [3.05, 3.63) is 223 Å². The lowest BCUT2D eigenvalue weighted by atomic mass is 9.78. The number of fused-ring (bicyclic) bond motifs is 4. The van der Waals surface area contributed by atoms with Gasteiger partial charge < -0.3 is 4.74 Å². The summed E-state index contributed by atoms with van der Waals surface area (Å²) in [6.07, 6.45) is 5.15. The van der Waals surface area contributed by atoms with Crippen molar-refractivity contribution in [1.82, 2.24) is 14.1 Å². The molecule has 0 radical (unpaired) electrons. The molecule has 5 nitrogen and oxygen atoms in total. The maximum atomic E-state index is 8.67. The smallest absolute Gasteiger partial charge is 0.269 e. The fraction of sp³-hybridized carbons (Fsp3) is 0.194. The van der Waals surface area contributed by atoms with E-state index >= 15 is 0 Å². The zero-order chi connectivity index (χ0) is 57.0. The second kappa shape index (κ2) is 17.7. The molecule has 0 spiro atoms. The Kier molecular flexibility index (Phi) is 9.27. The molecular weight excluding hydrogens is 877 g/mol. The first-order valence-electron chi connectivity index (χ1n) is 28.5. The molecule has 0 saturated heterocycles. The van der Waals surface area contributed by atoms with E-state index in [4.69, 9.17) is 20.7 Å². The largest absolute Gasteiger partial charge is 0.458 e. The van der Waals surface area contributed by atoms with E-state index in [0.29, 0.717) is 17.0 Å². The average molecular weight is 947 g/mol. The summed E-state index contributed by atoms with van der Waals surface area (Å²) in [7, 11) is 0. The van der Waals surface area contributed by atoms with Crippen LogP contribution in [0.25, 0.3) is 83.4 Å². The van der Waals surface area contributed by atoms with Crippen molar-refractivity contribution >= 4 is 32.8 Å². The molecule has 0 aliphatic rings. The molecule has 0 amide bonds. The van der Waals surface area contributed by atoms with E-state index in [1.807, 2.05) is 77.4 Å². The van der Waals surface area contributed by atoms with E-state index in [-0.39, 0.29) is 38.8 Å². The molecule has 8 aromatic carbocycles. The number of hydrogen-bond donors (Lipinski definition) is 0. The number of nitrogens with zero attached hydrogens (tertiary/aromatic N) is 4. The second-order valence-corrected chi connectivity index (χ2v) is 21.8. The van der Waals surface area contributed by atoms with Crippen LogP contribution in [0.2, 0.25) is 0 Å². The van der Waals surface area contributed by atoms with Gasteiger partial charge >= 0.3 is 0 Å². The molecule has 3 aromatic heterocycles. The van der Waals surface area contributed by atoms with Gasteiger partial charge in [-0.2, -0.15) is 0 Å². The maximum absolute atomic E-state index is 8.67. The summed E-state index contributed by atoms with van der Waals surface area (Å²) in [4.78, 5) is 4.76. The molecular formula is C67H62N4O. The van der Waals surface area contributed by atoms with E-state index in [2.05, 4.69) is 157 Å². The lowest BCUT2D eigenvalue weighted by Crippen LogP contribution is -2.31. The van der Waals surface area contributed by atoms with Crippen LogP contribution in [0.4, 0.5) is 0 Å². The summed E-state index contributed by atoms with van der Waals surface area (Å²) in [5, 5.41) is 1.77. The van der Waals surface area contributed by atoms with Crippen molar-refractivity contribution in [1.29, 1.82) is 0 Å². The first-order chi connectivity index (χ1) is 37.8. The topological polar surface area (TPSA) is 35.9 Å². The third-order valence-electron chi connectivity index (χ3n) is 13.7. The lowest BCUT2D eigenvalue weighted by Gasteiger charge is -2.27. The molecule has 0 fully saturated rings. The highest BCUT2D eigenvalue weighted by atomic mass is 16.5. The van der Waals surface area contributed by atoms with Gasteiger partial charge in [0.25, 0.3) is 6.33 Å². The van der Waals surface area contributed by atoms with Crippen LogP contribution in [0, 0.1) is 13.2 Å². The highest BCUT2D eigenvalue weighted by Crippen LogP contribution is 2.41. The van der Waals surface area contributed by atoms with Gasteiger partial charge in [0.15, 0.2) is 0 Å². The number of rotatable bonds is 8. The zero-order valence-electron chi connectivity index (χ0n) is 50.3. The van der Waals surface area contributed by atoms with Crippen molar-refractivity contribution in [2.75, 3.05) is 0 Å². The number of ether oxygens (including phenoxy) is 1. The quantitative estimate of drug-likeness (QED) is 0.112. The predicted octanol–water partition coefficient (Wildman–Crippen LogP) is 17.2. The third-order valence-corrected chi connectivity index (χ3v) is 13.7. The molecule has 3 heterocycles. The van der Waals surface area contributed by atoms with Gasteiger partial charge in [-0.05, 0) is 116 Å². The Morgan fingerprint density at radius 2 is 1.17 bits per heavy atom. The van der Waals surface area contributed by atoms with Crippen LogP contribution in [-0.2, 0) is 16.2 Å². The van der Waals surface area contributed by atoms with Crippen molar-refractivity contribution in [2.45, 2.75) is 85.4 Å². The number of aryl methyl sites for hydroxylation is 1. The highest BCUT2D eigenvalue weighted by Gasteiger charge is 2.26. The Morgan fingerprint density at radius 3 is 1.90 bits per heavy atom. The summed E-state index contributed by atoms with van der Waals surface area (Å²) < 4.78 is 80.9. The SMILES string of the molecule is [2H]c1c([2H])c([2H])c(-c2cnc(-n3c4ccccc4c4ccc(Oc5cccc(-n6[c-][n+](-c7c(-c8cccc(C(C)(C)C)c8)cccc7-c7cc(C(C)(C)C)cc(C(C)(C)C)c7)c7ccccc76)c5)cc43)cc2C([2H])([2H])[2H])c([2H])c1[2H]. The number of para-hydroxylation sites is 4. The second-order valence-electron chi connectivity index (χ2n) is 21.8. The molecule has 0 aliphatic carbocycles. The van der Waals surface area contributed by atoms with Gasteiger partial charge in [0.1, 0.15) is 17.3 Å². The van der Waals surface area contributed by atoms with Gasteiger partial charge in [-0.15, -0.1) is 0 Å². The van der Waals surface area contributed by atoms with Crippen LogP contribution in [-0.4, -0.2) is 14.1 Å². The Morgan fingerprint density at radius 1 is 0.528 bits per heavy atom. The van der Waals surface area contributed by atoms with Crippen LogP contribution in [0.1, 0.15) is 95.5 Å². The molecule has 72 heavy (non-hydrogen) atoms. The van der Waals surface area contributed by atoms with Crippen LogP contribution in [0.3, 0.4) is 0 Å². The molecule has 0 aliphatic heterocycles. The minimum absolute atomic E-state index is 0.0650. The predicted molar refractivity (Wildman–Crippen MR) is 299 cm³/mol. The molecule has 356 valence electrons. The van der Waals surface area contributed by atoms with E-state index in [0.717, 1.165) is 61.0 Å². The fourth-order valence-electron chi connectivity index (χ4n) is 9.70. The van der Waals surface area contributed by atoms with Crippen LogP contribution < -0.4 is 9.30 Å². The summed E-state index contributed by atoms with van der Waals surface area (Å²) in [5.41, 5.74) is 12.6. The number of pyridine rings is 1. The molecule has 0 saturated carbocycles. The molecule has 0 bridgehead atoms. The monoisotopic (exact) mass is 947 g/mol. The molecule has 0 atom stereocenters. The lowest BCUT2D eigenvalue weighted by molar-refractivity contribution is -0.571. The Hall–Kier alpha value is -8.02. The van der Waals surface area contributed by atoms with E-state index < -0.39 is 37.1 Å². The van der Waals surface area contributed by atoms with Gasteiger partial charge in [-0.25, -0.2) is 4.98 Å². The Bertz CT molecular complexity index is 4220. The number of benzene rings is 8. The van der Waals surface area contributed by atoms with Crippen molar-refractivity contribution in [3.63, 3.8) is 0 Å². The molecule has 5 heteroatoms. The van der Waals surface area contributed by atoms with Crippen LogP contribution >= 0.6 is 0 Å². The summed E-state index contributed by atoms with van der Waals surface area (Å²) in [5.74, 6) is 1.36. The van der Waals surface area contributed by atoms with E-state index in [9.17, 15) is 0 Å². The van der Waals surface area contributed by atoms with Crippen LogP contribution in [0.15, 0.2) is 194 Å². The standard InChI is InChI=1S/C67H62N4O/c1-44-35-63(68-42-58(44)45-21-12-11-13-22-45)71-59-30-15-14-27-56(59)57-34-33-53(41-62(57)71)72-52-26-19-25-51(40-52)69-43-70(61-32-17-16-31-60(61)69)64-54(46-23-18-24-48(36-46)65(2,3)4)28-20-29-55(64)47-37-49(66(5,6)7)39-50(38-47)67(8,9)10/h11-42H,1-10H3/i1D3,11D,12D,13D,21D,22D. The summed E-state index contributed by atoms with van der Waals surface area (Å²) >= 11 is 0. The minimum atomic E-state index is -2.74. The zero-order valence-corrected chi connectivity index (χ0v) is 42.3. The van der Waals surface area contributed by atoms with Gasteiger partial charge in [0, 0.05) is 32.7 Å². The van der Waals surface area contributed by atoms with Crippen molar-refractivity contribution in [2.24, 2.45) is 0 Å². The van der Waals surface area contributed by atoms with Crippen LogP contribution in [0.5, 0.6) is 11.5 Å². The van der Waals surface area contributed by atoms with Gasteiger partial charge in [-0.3, -0.25) is 13.7 Å². The first kappa shape index (κ1) is 37.8. The number of aromatic nitrogens is 4. The minimum Gasteiger partial charge on any atom is -0.458 e. The maximum Gasteiger partial charge on any atom is 0.269 e. The molecule has 11 aromatic rings. The molecule has 11 rings (SSSR count). The van der Waals surface area contributed by atoms with Gasteiger partial charge in [-0.1, -0.05) is 202 Å². The van der Waals surface area contributed by atoms with Gasteiger partial charge in [0.2, 0.25) is 0 Å². The van der Waals surface area contributed by atoms with E-state index in [1.54, 1.807) is 0 Å². The average Bonchev–Trinajstić information content (AvgIpc) is 4.04. The van der Waals surface area contributed by atoms with Crippen molar-refractivity contribution in [3.8, 4) is 62.1 Å². The Balaban J connectivity index is 1.04. The first-order valence-corrected chi connectivity index (χ1v) is 24.5.